The van der Waals surface area contributed by atoms with Crippen LogP contribution in [-0.4, -0.2) is 28.7 Å². The van der Waals surface area contributed by atoms with Gasteiger partial charge in [0.15, 0.2) is 0 Å². The third-order valence-corrected chi connectivity index (χ3v) is 3.90. The fourth-order valence-corrected chi connectivity index (χ4v) is 2.68. The Morgan fingerprint density at radius 3 is 2.76 bits per heavy atom. The zero-order valence-electron chi connectivity index (χ0n) is 10.9. The van der Waals surface area contributed by atoms with Crippen LogP contribution in [0.25, 0.3) is 0 Å². The minimum Gasteiger partial charge on any atom is -0.394 e. The van der Waals surface area contributed by atoms with E-state index in [1.807, 2.05) is 0 Å². The van der Waals surface area contributed by atoms with Gasteiger partial charge in [-0.15, -0.1) is 0 Å². The molecule has 1 atom stereocenters. The highest BCUT2D eigenvalue weighted by Crippen LogP contribution is 2.39. The summed E-state index contributed by atoms with van der Waals surface area (Å²) in [5.41, 5.74) is 9.71. The predicted octanol–water partition coefficient (Wildman–Crippen LogP) is 1.58. The summed E-state index contributed by atoms with van der Waals surface area (Å²) in [6.07, 6.45) is 0. The van der Waals surface area contributed by atoms with Gasteiger partial charge >= 0.3 is 0 Å². The van der Waals surface area contributed by atoms with Crippen molar-refractivity contribution >= 4 is 0 Å². The van der Waals surface area contributed by atoms with Crippen LogP contribution in [0.4, 0.5) is 0 Å². The van der Waals surface area contributed by atoms with Gasteiger partial charge in [0.2, 0.25) is 0 Å². The van der Waals surface area contributed by atoms with Crippen molar-refractivity contribution in [1.29, 1.82) is 0 Å². The Balaban J connectivity index is 2.41. The molecule has 1 aliphatic rings. The summed E-state index contributed by atoms with van der Waals surface area (Å²) in [5.74, 6) is 0. The van der Waals surface area contributed by atoms with Crippen LogP contribution in [0.1, 0.15) is 36.6 Å². The van der Waals surface area contributed by atoms with Crippen LogP contribution in [0.3, 0.4) is 0 Å². The van der Waals surface area contributed by atoms with E-state index in [1.54, 1.807) is 0 Å². The number of aliphatic hydroxyl groups excluding tert-OH is 1. The zero-order valence-corrected chi connectivity index (χ0v) is 10.9. The fraction of sp³-hybridized carbons (Fsp3) is 0.571. The Morgan fingerprint density at radius 2 is 2.18 bits per heavy atom. The molecule has 0 aromatic heterocycles. The molecule has 0 fully saturated rings. The van der Waals surface area contributed by atoms with Gasteiger partial charge in [-0.2, -0.15) is 0 Å². The molecule has 0 radical (unpaired) electrons. The maximum Gasteiger partial charge on any atom is 0.0610 e. The van der Waals surface area contributed by atoms with Crippen molar-refractivity contribution in [2.45, 2.75) is 38.9 Å². The second-order valence-electron chi connectivity index (χ2n) is 5.49. The standard InChI is InChI=1S/C14H22N2O/c1-10-5-4-6-11-12(10)8-16(13(11)7-15)14(2,3)9-17/h4-6,13,17H,7-9,15H2,1-3H3. The summed E-state index contributed by atoms with van der Waals surface area (Å²) in [5, 5.41) is 9.53. The van der Waals surface area contributed by atoms with E-state index in [0.29, 0.717) is 6.54 Å². The predicted molar refractivity (Wildman–Crippen MR) is 69.7 cm³/mol. The molecule has 2 rings (SSSR count). The molecule has 0 bridgehead atoms. The fourth-order valence-electron chi connectivity index (χ4n) is 2.68. The van der Waals surface area contributed by atoms with E-state index >= 15 is 0 Å². The molecule has 1 aliphatic heterocycles. The molecule has 0 aliphatic carbocycles. The number of benzene rings is 1. The molecule has 3 nitrogen and oxygen atoms in total. The van der Waals surface area contributed by atoms with Crippen molar-refractivity contribution in [2.24, 2.45) is 5.73 Å². The molecule has 1 heterocycles. The number of nitrogens with two attached hydrogens (primary N) is 1. The molecular formula is C14H22N2O. The summed E-state index contributed by atoms with van der Waals surface area (Å²) in [6, 6.07) is 6.62. The van der Waals surface area contributed by atoms with E-state index in [9.17, 15) is 5.11 Å². The van der Waals surface area contributed by atoms with Crippen LogP contribution < -0.4 is 5.73 Å². The Labute approximate surface area is 103 Å². The third kappa shape index (κ3) is 1.99. The number of nitrogens with zero attached hydrogens (tertiary/aromatic N) is 1. The van der Waals surface area contributed by atoms with Crippen molar-refractivity contribution in [2.75, 3.05) is 13.2 Å². The van der Waals surface area contributed by atoms with Crippen LogP contribution in [0, 0.1) is 6.92 Å². The quantitative estimate of drug-likeness (QED) is 0.835. The lowest BCUT2D eigenvalue weighted by Crippen LogP contribution is -2.47. The number of rotatable bonds is 3. The van der Waals surface area contributed by atoms with Gasteiger partial charge in [0.1, 0.15) is 0 Å². The van der Waals surface area contributed by atoms with Gasteiger partial charge in [0, 0.05) is 24.7 Å². The van der Waals surface area contributed by atoms with Crippen molar-refractivity contribution < 1.29 is 5.11 Å². The van der Waals surface area contributed by atoms with E-state index in [0.717, 1.165) is 6.54 Å². The van der Waals surface area contributed by atoms with E-state index in [-0.39, 0.29) is 18.2 Å². The van der Waals surface area contributed by atoms with E-state index in [2.05, 4.69) is 43.9 Å². The van der Waals surface area contributed by atoms with Crippen molar-refractivity contribution in [3.05, 3.63) is 34.9 Å². The smallest absolute Gasteiger partial charge is 0.0610 e. The number of fused-ring (bicyclic) bond motifs is 1. The molecule has 1 unspecified atom stereocenters. The lowest BCUT2D eigenvalue weighted by molar-refractivity contribution is 0.0292. The van der Waals surface area contributed by atoms with Crippen LogP contribution in [0.15, 0.2) is 18.2 Å². The van der Waals surface area contributed by atoms with Crippen LogP contribution in [0.2, 0.25) is 0 Å². The Morgan fingerprint density at radius 1 is 1.47 bits per heavy atom. The molecule has 1 aromatic carbocycles. The summed E-state index contributed by atoms with van der Waals surface area (Å²) >= 11 is 0. The number of aliphatic hydroxyl groups is 1. The average molecular weight is 234 g/mol. The Bertz CT molecular complexity index is 415. The zero-order chi connectivity index (χ0) is 12.6. The van der Waals surface area contributed by atoms with Crippen LogP contribution in [0.5, 0.6) is 0 Å². The maximum absolute atomic E-state index is 9.53. The first-order valence-electron chi connectivity index (χ1n) is 6.17. The first-order chi connectivity index (χ1) is 8.01. The van der Waals surface area contributed by atoms with Gasteiger partial charge in [-0.25, -0.2) is 0 Å². The molecule has 94 valence electrons. The first-order valence-corrected chi connectivity index (χ1v) is 6.17. The van der Waals surface area contributed by atoms with Crippen molar-refractivity contribution in [1.82, 2.24) is 4.90 Å². The molecule has 17 heavy (non-hydrogen) atoms. The summed E-state index contributed by atoms with van der Waals surface area (Å²) in [4.78, 5) is 2.31. The summed E-state index contributed by atoms with van der Waals surface area (Å²) < 4.78 is 0. The second-order valence-corrected chi connectivity index (χ2v) is 5.49. The molecule has 0 amide bonds. The minimum absolute atomic E-state index is 0.149. The van der Waals surface area contributed by atoms with Crippen molar-refractivity contribution in [3.8, 4) is 0 Å². The summed E-state index contributed by atoms with van der Waals surface area (Å²) in [7, 11) is 0. The van der Waals surface area contributed by atoms with Crippen LogP contribution in [-0.2, 0) is 6.54 Å². The molecule has 1 aromatic rings. The SMILES string of the molecule is Cc1cccc2c1CN(C(C)(C)CO)C2CN. The monoisotopic (exact) mass is 234 g/mol. The maximum atomic E-state index is 9.53. The van der Waals surface area contributed by atoms with E-state index < -0.39 is 0 Å². The van der Waals surface area contributed by atoms with Gasteiger partial charge in [-0.1, -0.05) is 18.2 Å². The molecule has 0 saturated heterocycles. The Hall–Kier alpha value is -0.900. The molecule has 0 saturated carbocycles. The highest BCUT2D eigenvalue weighted by atomic mass is 16.3. The Kier molecular flexibility index (Phi) is 3.25. The first kappa shape index (κ1) is 12.6. The molecule has 3 heteroatoms. The lowest BCUT2D eigenvalue weighted by Gasteiger charge is -2.38. The van der Waals surface area contributed by atoms with Crippen LogP contribution >= 0.6 is 0 Å². The highest BCUT2D eigenvalue weighted by Gasteiger charge is 2.38. The van der Waals surface area contributed by atoms with Gasteiger partial charge in [0.25, 0.3) is 0 Å². The second kappa shape index (κ2) is 4.41. The average Bonchev–Trinajstić information content (AvgIpc) is 2.69. The molecule has 0 spiro atoms. The van der Waals surface area contributed by atoms with Crippen molar-refractivity contribution in [3.63, 3.8) is 0 Å². The lowest BCUT2D eigenvalue weighted by atomic mass is 9.99. The van der Waals surface area contributed by atoms with Gasteiger partial charge in [-0.05, 0) is 37.5 Å². The van der Waals surface area contributed by atoms with Gasteiger partial charge in [-0.3, -0.25) is 4.90 Å². The summed E-state index contributed by atoms with van der Waals surface area (Å²) in [6.45, 7) is 7.91. The van der Waals surface area contributed by atoms with Gasteiger partial charge in [0.05, 0.1) is 6.61 Å². The van der Waals surface area contributed by atoms with E-state index in [4.69, 9.17) is 5.73 Å². The number of hydrogen-bond acceptors (Lipinski definition) is 3. The largest absolute Gasteiger partial charge is 0.394 e. The molecule has 3 N–H and O–H groups in total. The van der Waals surface area contributed by atoms with E-state index in [1.165, 1.54) is 16.7 Å². The normalized spacial score (nSPS) is 20.6. The number of hydrogen-bond donors (Lipinski definition) is 2. The molecular weight excluding hydrogens is 212 g/mol. The van der Waals surface area contributed by atoms with Gasteiger partial charge < -0.3 is 10.8 Å². The minimum atomic E-state index is -0.227. The highest BCUT2D eigenvalue weighted by molar-refractivity contribution is 5.40. The number of aryl methyl sites for hydroxylation is 1. The third-order valence-electron chi connectivity index (χ3n) is 3.90. The topological polar surface area (TPSA) is 49.5 Å².